The third-order valence-electron chi connectivity index (χ3n) is 3.14. The van der Waals surface area contributed by atoms with Crippen LogP contribution in [0, 0.1) is 0 Å². The minimum absolute atomic E-state index is 0.315. The summed E-state index contributed by atoms with van der Waals surface area (Å²) in [6.07, 6.45) is 0.727. The van der Waals surface area contributed by atoms with Crippen LogP contribution in [0.3, 0.4) is 0 Å². The molecule has 2 amide bonds. The molecule has 0 bridgehead atoms. The van der Waals surface area contributed by atoms with E-state index in [-0.39, 0.29) is 6.03 Å². The molecule has 2 N–H and O–H groups in total. The van der Waals surface area contributed by atoms with E-state index in [9.17, 15) is 4.79 Å². The second kappa shape index (κ2) is 7.03. The largest absolute Gasteiger partial charge is 0.333 e. The molecular weight excluding hydrogens is 319 g/mol. The molecule has 0 aliphatic heterocycles. The van der Waals surface area contributed by atoms with Crippen molar-refractivity contribution in [3.8, 4) is 0 Å². The van der Waals surface area contributed by atoms with E-state index in [1.165, 1.54) is 0 Å². The second-order valence-corrected chi connectivity index (χ2v) is 6.51. The van der Waals surface area contributed by atoms with Gasteiger partial charge in [-0.25, -0.2) is 4.79 Å². The zero-order valence-electron chi connectivity index (χ0n) is 12.5. The van der Waals surface area contributed by atoms with Crippen LogP contribution in [0.15, 0.2) is 48.5 Å². The van der Waals surface area contributed by atoms with E-state index >= 15 is 0 Å². The van der Waals surface area contributed by atoms with Crippen molar-refractivity contribution in [2.24, 2.45) is 0 Å². The van der Waals surface area contributed by atoms with Gasteiger partial charge in [0.15, 0.2) is 0 Å². The van der Waals surface area contributed by atoms with Crippen LogP contribution in [-0.4, -0.2) is 11.6 Å². The number of amides is 2. The Kier molecular flexibility index (Phi) is 5.33. The predicted octanol–water partition coefficient (Wildman–Crippen LogP) is 5.14. The minimum atomic E-state index is -0.392. The molecule has 22 heavy (non-hydrogen) atoms. The Morgan fingerprint density at radius 2 is 1.73 bits per heavy atom. The molecule has 0 atom stereocenters. The van der Waals surface area contributed by atoms with Crippen LogP contribution in [0.5, 0.6) is 0 Å². The molecule has 0 aliphatic rings. The van der Waals surface area contributed by atoms with Gasteiger partial charge in [-0.3, -0.25) is 0 Å². The first-order valence-electron chi connectivity index (χ1n) is 6.94. The highest BCUT2D eigenvalue weighted by Crippen LogP contribution is 2.29. The summed E-state index contributed by atoms with van der Waals surface area (Å²) in [5.41, 5.74) is 1.26. The average molecular weight is 337 g/mol. The molecule has 2 aromatic carbocycles. The lowest BCUT2D eigenvalue weighted by atomic mass is 9.95. The molecule has 2 aromatic rings. The minimum Gasteiger partial charge on any atom is -0.333 e. The summed E-state index contributed by atoms with van der Waals surface area (Å²) in [6, 6.07) is 14.8. The van der Waals surface area contributed by atoms with Crippen molar-refractivity contribution in [3.05, 3.63) is 64.1 Å². The standard InChI is InChI=1S/C17H18Cl2N2O/c1-17(2,11-12-7-4-3-5-8-12)21-16(22)20-14-10-6-9-13(18)15(14)19/h3-10H,11H2,1-2H3,(H2,20,21,22). The van der Waals surface area contributed by atoms with E-state index in [0.29, 0.717) is 15.7 Å². The summed E-state index contributed by atoms with van der Waals surface area (Å²) < 4.78 is 0. The fraction of sp³-hybridized carbons (Fsp3) is 0.235. The van der Waals surface area contributed by atoms with Gasteiger partial charge in [-0.05, 0) is 38.0 Å². The number of benzene rings is 2. The van der Waals surface area contributed by atoms with Gasteiger partial charge in [-0.15, -0.1) is 0 Å². The second-order valence-electron chi connectivity index (χ2n) is 5.73. The van der Waals surface area contributed by atoms with Gasteiger partial charge in [0.25, 0.3) is 0 Å². The van der Waals surface area contributed by atoms with Crippen molar-refractivity contribution in [2.45, 2.75) is 25.8 Å². The summed E-state index contributed by atoms with van der Waals surface area (Å²) in [5.74, 6) is 0. The molecule has 0 saturated carbocycles. The number of anilines is 1. The topological polar surface area (TPSA) is 41.1 Å². The summed E-state index contributed by atoms with van der Waals surface area (Å²) >= 11 is 12.0. The molecule has 5 heteroatoms. The lowest BCUT2D eigenvalue weighted by Gasteiger charge is -2.26. The molecule has 0 fully saturated rings. The molecule has 0 unspecified atom stereocenters. The molecule has 0 heterocycles. The maximum absolute atomic E-state index is 12.2. The van der Waals surface area contributed by atoms with Crippen molar-refractivity contribution in [2.75, 3.05) is 5.32 Å². The van der Waals surface area contributed by atoms with Crippen LogP contribution in [0.25, 0.3) is 0 Å². The smallest absolute Gasteiger partial charge is 0.319 e. The van der Waals surface area contributed by atoms with Crippen molar-refractivity contribution >= 4 is 34.9 Å². The van der Waals surface area contributed by atoms with Crippen LogP contribution in [0.2, 0.25) is 10.0 Å². The Balaban J connectivity index is 2.00. The Hall–Kier alpha value is -1.71. The van der Waals surface area contributed by atoms with Gasteiger partial charge in [0.1, 0.15) is 0 Å². The Bertz CT molecular complexity index is 657. The van der Waals surface area contributed by atoms with Crippen molar-refractivity contribution < 1.29 is 4.79 Å². The van der Waals surface area contributed by atoms with E-state index in [1.807, 2.05) is 44.2 Å². The summed E-state index contributed by atoms with van der Waals surface area (Å²) in [4.78, 5) is 12.2. The first kappa shape index (κ1) is 16.7. The number of urea groups is 1. The van der Waals surface area contributed by atoms with Gasteiger partial charge in [0.2, 0.25) is 0 Å². The lowest BCUT2D eigenvalue weighted by molar-refractivity contribution is 0.241. The van der Waals surface area contributed by atoms with Crippen LogP contribution in [0.1, 0.15) is 19.4 Å². The van der Waals surface area contributed by atoms with Crippen LogP contribution < -0.4 is 10.6 Å². The molecule has 3 nitrogen and oxygen atoms in total. The lowest BCUT2D eigenvalue weighted by Crippen LogP contribution is -2.47. The predicted molar refractivity (Wildman–Crippen MR) is 92.8 cm³/mol. The molecule has 2 rings (SSSR count). The molecule has 0 aromatic heterocycles. The van der Waals surface area contributed by atoms with E-state index < -0.39 is 5.54 Å². The van der Waals surface area contributed by atoms with E-state index in [2.05, 4.69) is 10.6 Å². The number of carbonyl (C=O) groups excluding carboxylic acids is 1. The molecule has 0 spiro atoms. The van der Waals surface area contributed by atoms with Gasteiger partial charge < -0.3 is 10.6 Å². The molecule has 116 valence electrons. The van der Waals surface area contributed by atoms with Crippen molar-refractivity contribution in [1.82, 2.24) is 5.32 Å². The Labute approximate surface area is 140 Å². The maximum atomic E-state index is 12.2. The Morgan fingerprint density at radius 3 is 2.41 bits per heavy atom. The van der Waals surface area contributed by atoms with Gasteiger partial charge in [-0.2, -0.15) is 0 Å². The highest BCUT2D eigenvalue weighted by atomic mass is 35.5. The van der Waals surface area contributed by atoms with Gasteiger partial charge in [0, 0.05) is 5.54 Å². The monoisotopic (exact) mass is 336 g/mol. The number of nitrogens with one attached hydrogen (secondary N) is 2. The first-order valence-corrected chi connectivity index (χ1v) is 7.70. The average Bonchev–Trinajstić information content (AvgIpc) is 2.43. The summed E-state index contributed by atoms with van der Waals surface area (Å²) in [6.45, 7) is 3.94. The maximum Gasteiger partial charge on any atom is 0.319 e. The highest BCUT2D eigenvalue weighted by molar-refractivity contribution is 6.43. The fourth-order valence-electron chi connectivity index (χ4n) is 2.21. The first-order chi connectivity index (χ1) is 10.4. The van der Waals surface area contributed by atoms with Crippen LogP contribution in [0.4, 0.5) is 10.5 Å². The molecular formula is C17H18Cl2N2O. The van der Waals surface area contributed by atoms with Crippen molar-refractivity contribution in [3.63, 3.8) is 0 Å². The number of halogens is 2. The van der Waals surface area contributed by atoms with E-state index in [4.69, 9.17) is 23.2 Å². The van der Waals surface area contributed by atoms with Gasteiger partial charge in [-0.1, -0.05) is 59.6 Å². The summed E-state index contributed by atoms with van der Waals surface area (Å²) in [7, 11) is 0. The van der Waals surface area contributed by atoms with Gasteiger partial charge >= 0.3 is 6.03 Å². The quantitative estimate of drug-likeness (QED) is 0.797. The number of hydrogen-bond donors (Lipinski definition) is 2. The number of rotatable bonds is 4. The van der Waals surface area contributed by atoms with Gasteiger partial charge in [0.05, 0.1) is 15.7 Å². The normalized spacial score (nSPS) is 11.1. The third kappa shape index (κ3) is 4.65. The summed E-state index contributed by atoms with van der Waals surface area (Å²) in [5, 5.41) is 6.41. The van der Waals surface area contributed by atoms with Crippen LogP contribution >= 0.6 is 23.2 Å². The molecule has 0 aliphatic carbocycles. The zero-order chi connectivity index (χ0) is 16.2. The van der Waals surface area contributed by atoms with E-state index in [0.717, 1.165) is 12.0 Å². The van der Waals surface area contributed by atoms with Crippen LogP contribution in [-0.2, 0) is 6.42 Å². The third-order valence-corrected chi connectivity index (χ3v) is 3.96. The molecule has 0 saturated heterocycles. The Morgan fingerprint density at radius 1 is 1.05 bits per heavy atom. The SMILES string of the molecule is CC(C)(Cc1ccccc1)NC(=O)Nc1cccc(Cl)c1Cl. The van der Waals surface area contributed by atoms with E-state index in [1.54, 1.807) is 18.2 Å². The fourth-order valence-corrected chi connectivity index (χ4v) is 2.56. The number of hydrogen-bond acceptors (Lipinski definition) is 1. The molecule has 0 radical (unpaired) electrons. The highest BCUT2D eigenvalue weighted by Gasteiger charge is 2.21. The van der Waals surface area contributed by atoms with Crippen molar-refractivity contribution in [1.29, 1.82) is 0 Å². The number of carbonyl (C=O) groups is 1. The zero-order valence-corrected chi connectivity index (χ0v) is 14.0.